The van der Waals surface area contributed by atoms with Crippen LogP contribution in [-0.4, -0.2) is 22.2 Å². The molecule has 0 saturated heterocycles. The zero-order valence-corrected chi connectivity index (χ0v) is 13.8. The van der Waals surface area contributed by atoms with E-state index in [0.717, 1.165) is 64.2 Å². The van der Waals surface area contributed by atoms with Gasteiger partial charge in [-0.3, -0.25) is 9.59 Å². The first-order valence-electron chi connectivity index (χ1n) is 8.96. The van der Waals surface area contributed by atoms with Crippen molar-refractivity contribution in [1.82, 2.24) is 0 Å². The number of carbonyl (C=O) groups is 2. The van der Waals surface area contributed by atoms with E-state index >= 15 is 0 Å². The SMILES string of the molecule is CCCCC1(C2(C(=O)O)CCCCC2C(=O)O)CCCCC1. The first-order chi connectivity index (χ1) is 10.5. The first-order valence-corrected chi connectivity index (χ1v) is 8.96. The number of carboxylic acid groups (broad SMARTS) is 2. The molecular weight excluding hydrogens is 280 g/mol. The zero-order chi connectivity index (χ0) is 16.2. The maximum atomic E-state index is 12.4. The van der Waals surface area contributed by atoms with Gasteiger partial charge in [0.25, 0.3) is 0 Å². The van der Waals surface area contributed by atoms with Crippen LogP contribution in [-0.2, 0) is 9.59 Å². The molecule has 0 aromatic carbocycles. The molecule has 2 aliphatic rings. The lowest BCUT2D eigenvalue weighted by Crippen LogP contribution is -2.57. The van der Waals surface area contributed by atoms with E-state index in [1.807, 2.05) is 0 Å². The lowest BCUT2D eigenvalue weighted by molar-refractivity contribution is -0.185. The van der Waals surface area contributed by atoms with Crippen molar-refractivity contribution in [3.63, 3.8) is 0 Å². The van der Waals surface area contributed by atoms with E-state index in [0.29, 0.717) is 12.8 Å². The number of aliphatic carboxylic acids is 2. The van der Waals surface area contributed by atoms with Gasteiger partial charge in [-0.1, -0.05) is 51.9 Å². The van der Waals surface area contributed by atoms with Gasteiger partial charge in [0.05, 0.1) is 11.3 Å². The summed E-state index contributed by atoms with van der Waals surface area (Å²) >= 11 is 0. The Kier molecular flexibility index (Phi) is 5.51. The maximum Gasteiger partial charge on any atom is 0.311 e. The number of hydrogen-bond acceptors (Lipinski definition) is 2. The van der Waals surface area contributed by atoms with Crippen molar-refractivity contribution < 1.29 is 19.8 Å². The second kappa shape index (κ2) is 7.01. The van der Waals surface area contributed by atoms with Gasteiger partial charge in [-0.15, -0.1) is 0 Å². The third kappa shape index (κ3) is 2.77. The molecule has 2 aliphatic carbocycles. The largest absolute Gasteiger partial charge is 0.481 e. The van der Waals surface area contributed by atoms with Crippen LogP contribution < -0.4 is 0 Å². The molecule has 0 aromatic rings. The van der Waals surface area contributed by atoms with Gasteiger partial charge in [-0.25, -0.2) is 0 Å². The summed E-state index contributed by atoms with van der Waals surface area (Å²) in [5, 5.41) is 19.9. The molecule has 0 aromatic heterocycles. The van der Waals surface area contributed by atoms with Crippen LogP contribution in [0.1, 0.15) is 84.0 Å². The van der Waals surface area contributed by atoms with Crippen LogP contribution in [0.4, 0.5) is 0 Å². The third-order valence-electron chi connectivity index (χ3n) is 6.35. The number of carboxylic acids is 2. The molecule has 2 fully saturated rings. The minimum Gasteiger partial charge on any atom is -0.481 e. The standard InChI is InChI=1S/C18H30O4/c1-2-3-10-17(11-6-4-7-12-17)18(16(21)22)13-8-5-9-14(18)15(19)20/h14H,2-13H2,1H3,(H,19,20)(H,21,22). The van der Waals surface area contributed by atoms with E-state index in [-0.39, 0.29) is 5.41 Å². The Morgan fingerprint density at radius 3 is 2.18 bits per heavy atom. The van der Waals surface area contributed by atoms with Crippen molar-refractivity contribution in [3.8, 4) is 0 Å². The second-order valence-corrected chi connectivity index (χ2v) is 7.36. The Morgan fingerprint density at radius 1 is 1.00 bits per heavy atom. The molecule has 2 saturated carbocycles. The average Bonchev–Trinajstić information content (AvgIpc) is 2.53. The molecule has 4 heteroatoms. The van der Waals surface area contributed by atoms with Gasteiger partial charge >= 0.3 is 11.9 Å². The molecule has 22 heavy (non-hydrogen) atoms. The Labute approximate surface area is 133 Å². The second-order valence-electron chi connectivity index (χ2n) is 7.36. The summed E-state index contributed by atoms with van der Waals surface area (Å²) in [4.78, 5) is 24.3. The quantitative estimate of drug-likeness (QED) is 0.759. The molecular formula is C18H30O4. The first kappa shape index (κ1) is 17.3. The van der Waals surface area contributed by atoms with Crippen LogP contribution >= 0.6 is 0 Å². The van der Waals surface area contributed by atoms with Gasteiger partial charge in [0.2, 0.25) is 0 Å². The van der Waals surface area contributed by atoms with Crippen molar-refractivity contribution >= 4 is 11.9 Å². The summed E-state index contributed by atoms with van der Waals surface area (Å²) in [7, 11) is 0. The molecule has 2 unspecified atom stereocenters. The maximum absolute atomic E-state index is 12.4. The fourth-order valence-corrected chi connectivity index (χ4v) is 5.29. The Hall–Kier alpha value is -1.06. The van der Waals surface area contributed by atoms with E-state index < -0.39 is 23.3 Å². The fraction of sp³-hybridized carbons (Fsp3) is 0.889. The summed E-state index contributed by atoms with van der Waals surface area (Å²) in [5.41, 5.74) is -1.36. The highest BCUT2D eigenvalue weighted by molar-refractivity contribution is 5.84. The Balaban J connectivity index is 2.48. The molecule has 4 nitrogen and oxygen atoms in total. The van der Waals surface area contributed by atoms with E-state index in [2.05, 4.69) is 6.92 Å². The van der Waals surface area contributed by atoms with Gasteiger partial charge in [0, 0.05) is 0 Å². The summed E-state index contributed by atoms with van der Waals surface area (Å²) in [5.74, 6) is -2.46. The zero-order valence-electron chi connectivity index (χ0n) is 13.8. The molecule has 0 heterocycles. The van der Waals surface area contributed by atoms with Gasteiger partial charge < -0.3 is 10.2 Å². The lowest BCUT2D eigenvalue weighted by atomic mass is 9.47. The van der Waals surface area contributed by atoms with E-state index in [9.17, 15) is 19.8 Å². The van der Waals surface area contributed by atoms with Crippen molar-refractivity contribution in [2.75, 3.05) is 0 Å². The van der Waals surface area contributed by atoms with Gasteiger partial charge in [0.1, 0.15) is 0 Å². The molecule has 0 spiro atoms. The molecule has 0 radical (unpaired) electrons. The monoisotopic (exact) mass is 310 g/mol. The fourth-order valence-electron chi connectivity index (χ4n) is 5.29. The minimum absolute atomic E-state index is 0.309. The van der Waals surface area contributed by atoms with Crippen molar-refractivity contribution in [1.29, 1.82) is 0 Å². The lowest BCUT2D eigenvalue weighted by Gasteiger charge is -2.55. The average molecular weight is 310 g/mol. The molecule has 2 N–H and O–H groups in total. The van der Waals surface area contributed by atoms with Crippen molar-refractivity contribution in [3.05, 3.63) is 0 Å². The smallest absolute Gasteiger partial charge is 0.311 e. The van der Waals surface area contributed by atoms with Gasteiger partial charge in [0.15, 0.2) is 0 Å². The van der Waals surface area contributed by atoms with Gasteiger partial charge in [-0.05, 0) is 37.5 Å². The van der Waals surface area contributed by atoms with Gasteiger partial charge in [-0.2, -0.15) is 0 Å². The molecule has 0 aliphatic heterocycles. The highest BCUT2D eigenvalue weighted by Gasteiger charge is 2.62. The molecule has 2 atom stereocenters. The molecule has 0 amide bonds. The van der Waals surface area contributed by atoms with Crippen LogP contribution in [0.3, 0.4) is 0 Å². The molecule has 126 valence electrons. The summed E-state index contributed by atoms with van der Waals surface area (Å²) in [6.07, 6.45) is 10.7. The third-order valence-corrected chi connectivity index (χ3v) is 6.35. The summed E-state index contributed by atoms with van der Waals surface area (Å²) in [6, 6.07) is 0. The Bertz CT molecular complexity index is 411. The predicted octanol–water partition coefficient (Wildman–Crippen LogP) is 4.47. The normalized spacial score (nSPS) is 31.6. The van der Waals surface area contributed by atoms with Crippen LogP contribution in [0, 0.1) is 16.7 Å². The van der Waals surface area contributed by atoms with E-state index in [4.69, 9.17) is 0 Å². The highest BCUT2D eigenvalue weighted by Crippen LogP contribution is 2.61. The van der Waals surface area contributed by atoms with Crippen molar-refractivity contribution in [2.45, 2.75) is 84.0 Å². The number of hydrogen-bond donors (Lipinski definition) is 2. The summed E-state index contributed by atoms with van der Waals surface area (Å²) in [6.45, 7) is 2.12. The topological polar surface area (TPSA) is 74.6 Å². The van der Waals surface area contributed by atoms with Crippen LogP contribution in [0.5, 0.6) is 0 Å². The van der Waals surface area contributed by atoms with Crippen LogP contribution in [0.2, 0.25) is 0 Å². The number of unbranched alkanes of at least 4 members (excludes halogenated alkanes) is 1. The Morgan fingerprint density at radius 2 is 1.64 bits per heavy atom. The van der Waals surface area contributed by atoms with E-state index in [1.165, 1.54) is 0 Å². The number of rotatable bonds is 6. The molecule has 2 rings (SSSR count). The van der Waals surface area contributed by atoms with Crippen LogP contribution in [0.25, 0.3) is 0 Å². The minimum atomic E-state index is -1.05. The van der Waals surface area contributed by atoms with Crippen molar-refractivity contribution in [2.24, 2.45) is 16.7 Å². The van der Waals surface area contributed by atoms with Crippen LogP contribution in [0.15, 0.2) is 0 Å². The summed E-state index contributed by atoms with van der Waals surface area (Å²) < 4.78 is 0. The highest BCUT2D eigenvalue weighted by atomic mass is 16.4. The van der Waals surface area contributed by atoms with E-state index in [1.54, 1.807) is 0 Å². The molecule has 0 bridgehead atoms. The predicted molar refractivity (Wildman–Crippen MR) is 84.7 cm³/mol.